The maximum Gasteiger partial charge on any atom is 0.199 e. The molecule has 0 aliphatic rings. The minimum atomic E-state index is -0.441. The van der Waals surface area contributed by atoms with Gasteiger partial charge in [0.25, 0.3) is 0 Å². The van der Waals surface area contributed by atoms with Crippen molar-refractivity contribution in [3.8, 4) is 0 Å². The first-order chi connectivity index (χ1) is 8.24. The molecule has 0 aliphatic heterocycles. The third kappa shape index (κ3) is 3.46. The molecule has 0 saturated heterocycles. The van der Waals surface area contributed by atoms with Crippen molar-refractivity contribution >= 4 is 23.3 Å². The lowest BCUT2D eigenvalue weighted by atomic mass is 10.3. The van der Waals surface area contributed by atoms with Crippen LogP contribution in [0, 0.1) is 0 Å². The zero-order valence-electron chi connectivity index (χ0n) is 8.88. The van der Waals surface area contributed by atoms with Crippen LogP contribution in [-0.4, -0.2) is 6.02 Å². The van der Waals surface area contributed by atoms with Gasteiger partial charge in [0, 0.05) is 17.2 Å². The van der Waals surface area contributed by atoms with Crippen LogP contribution in [0.3, 0.4) is 0 Å². The number of hydrogen-bond acceptors (Lipinski definition) is 2. The van der Waals surface area contributed by atoms with Gasteiger partial charge < -0.3 is 5.11 Å². The van der Waals surface area contributed by atoms with E-state index in [9.17, 15) is 5.11 Å². The Morgan fingerprint density at radius 1 is 1.12 bits per heavy atom. The molecule has 0 spiro atoms. The maximum atomic E-state index is 11.5. The Morgan fingerprint density at radius 3 is 2.41 bits per heavy atom. The second-order valence-electron chi connectivity index (χ2n) is 3.29. The minimum Gasteiger partial charge on any atom is -0.842 e. The highest BCUT2D eigenvalue weighted by Crippen LogP contribution is 2.15. The average molecular weight is 248 g/mol. The summed E-state index contributed by atoms with van der Waals surface area (Å²) >= 11 is 5.73. The van der Waals surface area contributed by atoms with Gasteiger partial charge >= 0.3 is 0 Å². The Bertz CT molecular complexity index is 511. The van der Waals surface area contributed by atoms with Crippen molar-refractivity contribution in [1.29, 1.82) is 0 Å². The Labute approximate surface area is 104 Å². The van der Waals surface area contributed by atoms with Gasteiger partial charge in [0.05, 0.1) is 5.69 Å². The predicted molar refractivity (Wildman–Crippen MR) is 64.5 cm³/mol. The maximum absolute atomic E-state index is 11.5. The molecule has 86 valence electrons. The van der Waals surface area contributed by atoms with Crippen LogP contribution in [0.15, 0.2) is 59.9 Å². The van der Waals surface area contributed by atoms with Crippen LogP contribution in [0.25, 0.3) is 0 Å². The fraction of sp³-hybridized carbons (Fsp3) is 0. The van der Waals surface area contributed by atoms with E-state index in [1.54, 1.807) is 36.7 Å². The number of nitrogens with zero attached hydrogens (tertiary/aromatic N) is 2. The van der Waals surface area contributed by atoms with Crippen LogP contribution < -0.4 is 15.2 Å². The SMILES string of the molecule is [O-]C(=Nc1ccc(Cl)cc1)N[n+]1ccccc1. The molecule has 1 heterocycles. The van der Waals surface area contributed by atoms with Crippen LogP contribution in [0.5, 0.6) is 0 Å². The summed E-state index contributed by atoms with van der Waals surface area (Å²) in [7, 11) is 0. The lowest BCUT2D eigenvalue weighted by Gasteiger charge is -2.07. The largest absolute Gasteiger partial charge is 0.842 e. The molecular weight excluding hydrogens is 238 g/mol. The zero-order chi connectivity index (χ0) is 12.1. The smallest absolute Gasteiger partial charge is 0.199 e. The molecule has 0 radical (unpaired) electrons. The lowest BCUT2D eigenvalue weighted by molar-refractivity contribution is -0.644. The predicted octanol–water partition coefficient (Wildman–Crippen LogP) is 1.22. The number of pyridine rings is 1. The fourth-order valence-corrected chi connectivity index (χ4v) is 1.37. The number of nitrogens with one attached hydrogen (secondary N) is 1. The fourth-order valence-electron chi connectivity index (χ4n) is 1.24. The van der Waals surface area contributed by atoms with E-state index >= 15 is 0 Å². The van der Waals surface area contributed by atoms with Gasteiger partial charge in [0.1, 0.15) is 6.02 Å². The molecule has 0 saturated carbocycles. The Morgan fingerprint density at radius 2 is 1.76 bits per heavy atom. The quantitative estimate of drug-likeness (QED) is 0.493. The molecule has 5 heteroatoms. The van der Waals surface area contributed by atoms with E-state index in [2.05, 4.69) is 10.4 Å². The molecule has 0 amide bonds. The lowest BCUT2D eigenvalue weighted by Crippen LogP contribution is -2.51. The highest BCUT2D eigenvalue weighted by atomic mass is 35.5. The number of amidine groups is 1. The van der Waals surface area contributed by atoms with E-state index < -0.39 is 6.02 Å². The highest BCUT2D eigenvalue weighted by Gasteiger charge is 1.95. The van der Waals surface area contributed by atoms with Gasteiger partial charge in [0.15, 0.2) is 12.4 Å². The molecule has 0 fully saturated rings. The van der Waals surface area contributed by atoms with Crippen molar-refractivity contribution in [1.82, 2.24) is 0 Å². The molecule has 1 aromatic carbocycles. The Kier molecular flexibility index (Phi) is 3.57. The molecular formula is C12H10ClN3O. The van der Waals surface area contributed by atoms with Gasteiger partial charge in [-0.25, -0.2) is 4.99 Å². The first-order valence-corrected chi connectivity index (χ1v) is 5.36. The number of rotatable bonds is 2. The summed E-state index contributed by atoms with van der Waals surface area (Å²) in [4.78, 5) is 3.87. The van der Waals surface area contributed by atoms with Crippen molar-refractivity contribution in [3.05, 3.63) is 59.9 Å². The summed E-state index contributed by atoms with van der Waals surface area (Å²) in [5, 5.41) is 12.1. The molecule has 17 heavy (non-hydrogen) atoms. The van der Waals surface area contributed by atoms with Crippen molar-refractivity contribution in [2.45, 2.75) is 0 Å². The van der Waals surface area contributed by atoms with E-state index in [1.807, 2.05) is 18.2 Å². The third-order valence-corrected chi connectivity index (χ3v) is 2.25. The first-order valence-electron chi connectivity index (χ1n) is 4.99. The van der Waals surface area contributed by atoms with Gasteiger partial charge in [-0.15, -0.1) is 0 Å². The Balaban J connectivity index is 2.09. The molecule has 4 nitrogen and oxygen atoms in total. The van der Waals surface area contributed by atoms with Gasteiger partial charge in [-0.2, -0.15) is 5.43 Å². The number of aromatic nitrogens is 1. The zero-order valence-corrected chi connectivity index (χ0v) is 9.63. The third-order valence-electron chi connectivity index (χ3n) is 2.00. The number of halogens is 1. The number of aliphatic imine (C=N–C) groups is 1. The van der Waals surface area contributed by atoms with Crippen LogP contribution in [0.1, 0.15) is 0 Å². The summed E-state index contributed by atoms with van der Waals surface area (Å²) in [6, 6.07) is 11.8. The van der Waals surface area contributed by atoms with Gasteiger partial charge in [-0.1, -0.05) is 22.3 Å². The van der Waals surface area contributed by atoms with Crippen molar-refractivity contribution in [2.75, 3.05) is 5.43 Å². The van der Waals surface area contributed by atoms with E-state index in [-0.39, 0.29) is 0 Å². The normalized spacial score (nSPS) is 11.2. The molecule has 0 atom stereocenters. The standard InChI is InChI=1S/C12H10ClN3O/c13-10-4-6-11(7-5-10)14-12(17)15-16-8-2-1-3-9-16/h1-9H,(H-,14,15,17). The molecule has 0 bridgehead atoms. The summed E-state index contributed by atoms with van der Waals surface area (Å²) in [6.07, 6.45) is 3.44. The van der Waals surface area contributed by atoms with E-state index in [0.29, 0.717) is 10.7 Å². The van der Waals surface area contributed by atoms with Crippen molar-refractivity contribution in [2.24, 2.45) is 4.99 Å². The van der Waals surface area contributed by atoms with Crippen LogP contribution in [0.2, 0.25) is 5.02 Å². The molecule has 2 aromatic rings. The van der Waals surface area contributed by atoms with E-state index in [0.717, 1.165) is 0 Å². The monoisotopic (exact) mass is 247 g/mol. The summed E-state index contributed by atoms with van der Waals surface area (Å²) in [5.41, 5.74) is 3.14. The average Bonchev–Trinajstić information content (AvgIpc) is 2.33. The second kappa shape index (κ2) is 5.32. The molecule has 1 N–H and O–H groups in total. The second-order valence-corrected chi connectivity index (χ2v) is 3.72. The highest BCUT2D eigenvalue weighted by molar-refractivity contribution is 6.30. The van der Waals surface area contributed by atoms with Crippen molar-refractivity contribution in [3.63, 3.8) is 0 Å². The number of hydrogen-bond donors (Lipinski definition) is 1. The topological polar surface area (TPSA) is 51.3 Å². The minimum absolute atomic E-state index is 0.441. The molecule has 1 aromatic heterocycles. The van der Waals surface area contributed by atoms with Gasteiger partial charge in [-0.3, -0.25) is 0 Å². The van der Waals surface area contributed by atoms with Crippen LogP contribution >= 0.6 is 11.6 Å². The first kappa shape index (κ1) is 11.4. The Hall–Kier alpha value is -2.07. The van der Waals surface area contributed by atoms with E-state index in [1.165, 1.54) is 4.68 Å². The van der Waals surface area contributed by atoms with Crippen molar-refractivity contribution < 1.29 is 9.78 Å². The van der Waals surface area contributed by atoms with Crippen LogP contribution in [-0.2, 0) is 0 Å². The summed E-state index contributed by atoms with van der Waals surface area (Å²) < 4.78 is 1.53. The molecule has 0 unspecified atom stereocenters. The van der Waals surface area contributed by atoms with Gasteiger partial charge in [0.2, 0.25) is 0 Å². The molecule has 2 rings (SSSR count). The molecule has 0 aliphatic carbocycles. The van der Waals surface area contributed by atoms with E-state index in [4.69, 9.17) is 11.6 Å². The van der Waals surface area contributed by atoms with Crippen LogP contribution in [0.4, 0.5) is 5.69 Å². The summed E-state index contributed by atoms with van der Waals surface area (Å²) in [6.45, 7) is 0. The summed E-state index contributed by atoms with van der Waals surface area (Å²) in [5.74, 6) is 0. The van der Waals surface area contributed by atoms with Gasteiger partial charge in [-0.05, 0) is 24.3 Å². The number of benzene rings is 1.